The Balaban J connectivity index is 1.51. The second-order valence-corrected chi connectivity index (χ2v) is 7.90. The van der Waals surface area contributed by atoms with Gasteiger partial charge in [0.25, 0.3) is 0 Å². The van der Waals surface area contributed by atoms with Crippen molar-refractivity contribution >= 4 is 17.4 Å². The van der Waals surface area contributed by atoms with E-state index in [-0.39, 0.29) is 11.5 Å². The molecule has 1 aliphatic rings. The number of fused-ring (bicyclic) bond motifs is 3. The van der Waals surface area contributed by atoms with Gasteiger partial charge in [-0.25, -0.2) is 0 Å². The first kappa shape index (κ1) is 19.2. The lowest BCUT2D eigenvalue weighted by Crippen LogP contribution is -2.17. The normalized spacial score (nSPS) is 14.5. The number of phenols is 2. The summed E-state index contributed by atoms with van der Waals surface area (Å²) in [5.41, 5.74) is 3.96. The van der Waals surface area contributed by atoms with Gasteiger partial charge in [-0.05, 0) is 29.8 Å². The number of nitrogens with one attached hydrogen (secondary N) is 1. The number of rotatable bonds is 4. The van der Waals surface area contributed by atoms with Gasteiger partial charge in [0.1, 0.15) is 0 Å². The zero-order chi connectivity index (χ0) is 21.2. The maximum Gasteiger partial charge on any atom is 0.247 e. The molecule has 1 aromatic heterocycles. The highest BCUT2D eigenvalue weighted by atomic mass is 32.2. The topological polar surface area (TPSA) is 100 Å². The van der Waals surface area contributed by atoms with E-state index >= 15 is 0 Å². The number of hydrogen-bond acceptors (Lipinski definition) is 8. The number of phenolic OH excluding ortho intramolecular Hbond substituents is 2. The Morgan fingerprint density at radius 3 is 2.55 bits per heavy atom. The summed E-state index contributed by atoms with van der Waals surface area (Å²) in [6.45, 7) is 0. The largest absolute Gasteiger partial charge is 0.504 e. The number of anilines is 1. The molecule has 31 heavy (non-hydrogen) atoms. The molecule has 0 amide bonds. The second kappa shape index (κ2) is 8.16. The molecule has 0 bridgehead atoms. The van der Waals surface area contributed by atoms with Gasteiger partial charge < -0.3 is 20.3 Å². The minimum atomic E-state index is -0.641. The third-order valence-corrected chi connectivity index (χ3v) is 5.76. The molecule has 0 fully saturated rings. The zero-order valence-electron chi connectivity index (χ0n) is 16.3. The molecule has 0 aliphatic carbocycles. The summed E-state index contributed by atoms with van der Waals surface area (Å²) < 4.78 is 6.18. The number of ether oxygens (including phenoxy) is 1. The number of para-hydroxylation sites is 1. The molecule has 3 aromatic carbocycles. The Morgan fingerprint density at radius 2 is 1.71 bits per heavy atom. The molecule has 3 N–H and O–H groups in total. The van der Waals surface area contributed by atoms with Gasteiger partial charge in [0, 0.05) is 22.6 Å². The molecule has 0 saturated carbocycles. The van der Waals surface area contributed by atoms with Gasteiger partial charge in [0.15, 0.2) is 23.4 Å². The third kappa shape index (κ3) is 3.97. The summed E-state index contributed by atoms with van der Waals surface area (Å²) in [6, 6.07) is 22.3. The fourth-order valence-electron chi connectivity index (χ4n) is 3.28. The first-order chi connectivity index (χ1) is 15.2. The van der Waals surface area contributed by atoms with E-state index in [0.29, 0.717) is 28.0 Å². The van der Waals surface area contributed by atoms with Crippen LogP contribution in [0.2, 0.25) is 0 Å². The molecule has 0 spiro atoms. The van der Waals surface area contributed by atoms with Crippen LogP contribution in [-0.4, -0.2) is 25.4 Å². The summed E-state index contributed by atoms with van der Waals surface area (Å²) in [5.74, 6) is 0.647. The van der Waals surface area contributed by atoms with Crippen LogP contribution in [0.25, 0.3) is 11.3 Å². The minimum absolute atomic E-state index is 0.193. The molecule has 1 atom stereocenters. The SMILES string of the molecule is Oc1ccc(C2Nc3ccccc3-c3nnc(SCc4ccccc4)nc3O2)cc1O. The maximum atomic E-state index is 9.94. The number of hydrogen-bond donors (Lipinski definition) is 3. The van der Waals surface area contributed by atoms with Crippen LogP contribution >= 0.6 is 11.8 Å². The van der Waals surface area contributed by atoms with E-state index < -0.39 is 6.23 Å². The number of aromatic hydroxyl groups is 2. The van der Waals surface area contributed by atoms with E-state index in [2.05, 4.69) is 20.5 Å². The molecular formula is C23H18N4O3S. The van der Waals surface area contributed by atoms with E-state index in [0.717, 1.165) is 16.8 Å². The second-order valence-electron chi connectivity index (χ2n) is 6.96. The van der Waals surface area contributed by atoms with Crippen molar-refractivity contribution in [3.05, 3.63) is 83.9 Å². The standard InChI is InChI=1S/C23H18N4O3S/c28-18-11-10-15(12-19(18)29)21-24-17-9-5-4-8-16(17)20-22(30-21)25-23(27-26-20)31-13-14-6-2-1-3-7-14/h1-12,21,24,28-29H,13H2. The Labute approximate surface area is 182 Å². The van der Waals surface area contributed by atoms with Crippen molar-refractivity contribution in [2.24, 2.45) is 0 Å². The Kier molecular flexibility index (Phi) is 5.05. The smallest absolute Gasteiger partial charge is 0.247 e. The van der Waals surface area contributed by atoms with Crippen LogP contribution in [0.15, 0.2) is 78.0 Å². The van der Waals surface area contributed by atoms with E-state index in [4.69, 9.17) is 4.74 Å². The molecule has 8 heteroatoms. The van der Waals surface area contributed by atoms with Crippen molar-refractivity contribution in [1.82, 2.24) is 15.2 Å². The van der Waals surface area contributed by atoms with Gasteiger partial charge in [-0.15, -0.1) is 10.2 Å². The average molecular weight is 430 g/mol. The first-order valence-corrected chi connectivity index (χ1v) is 10.6. The lowest BCUT2D eigenvalue weighted by molar-refractivity contribution is 0.224. The molecule has 0 radical (unpaired) electrons. The highest BCUT2D eigenvalue weighted by Crippen LogP contribution is 2.40. The summed E-state index contributed by atoms with van der Waals surface area (Å²) in [7, 11) is 0. The summed E-state index contributed by atoms with van der Waals surface area (Å²) in [6.07, 6.45) is -0.641. The van der Waals surface area contributed by atoms with E-state index in [1.54, 1.807) is 6.07 Å². The van der Waals surface area contributed by atoms with Crippen LogP contribution < -0.4 is 10.1 Å². The van der Waals surface area contributed by atoms with E-state index in [1.165, 1.54) is 23.9 Å². The monoisotopic (exact) mass is 430 g/mol. The Hall–Kier alpha value is -3.78. The fourth-order valence-corrected chi connectivity index (χ4v) is 4.02. The maximum absolute atomic E-state index is 9.94. The van der Waals surface area contributed by atoms with Crippen LogP contribution in [0.1, 0.15) is 17.4 Å². The quantitative estimate of drug-likeness (QED) is 0.315. The van der Waals surface area contributed by atoms with Crippen molar-refractivity contribution in [2.45, 2.75) is 17.1 Å². The number of nitrogens with zero attached hydrogens (tertiary/aromatic N) is 3. The molecule has 1 unspecified atom stereocenters. The lowest BCUT2D eigenvalue weighted by atomic mass is 10.1. The molecule has 0 saturated heterocycles. The number of benzene rings is 3. The highest BCUT2D eigenvalue weighted by Gasteiger charge is 2.26. The summed E-state index contributed by atoms with van der Waals surface area (Å²) >= 11 is 1.48. The highest BCUT2D eigenvalue weighted by molar-refractivity contribution is 7.98. The predicted octanol–water partition coefficient (Wildman–Crippen LogP) is 4.75. The summed E-state index contributed by atoms with van der Waals surface area (Å²) in [5, 5.41) is 32.1. The molecule has 1 aliphatic heterocycles. The van der Waals surface area contributed by atoms with E-state index in [9.17, 15) is 10.2 Å². The van der Waals surface area contributed by atoms with Gasteiger partial charge in [-0.2, -0.15) is 4.98 Å². The third-order valence-electron chi connectivity index (χ3n) is 4.85. The average Bonchev–Trinajstić information content (AvgIpc) is 2.96. The first-order valence-electron chi connectivity index (χ1n) is 9.63. The van der Waals surface area contributed by atoms with Crippen molar-refractivity contribution in [1.29, 1.82) is 0 Å². The number of thioether (sulfide) groups is 1. The molecule has 7 nitrogen and oxygen atoms in total. The molecule has 154 valence electrons. The van der Waals surface area contributed by atoms with Crippen LogP contribution in [-0.2, 0) is 5.75 Å². The Morgan fingerprint density at radius 1 is 0.903 bits per heavy atom. The minimum Gasteiger partial charge on any atom is -0.504 e. The fraction of sp³-hybridized carbons (Fsp3) is 0.0870. The van der Waals surface area contributed by atoms with Crippen molar-refractivity contribution in [3.8, 4) is 28.6 Å². The van der Waals surface area contributed by atoms with Crippen molar-refractivity contribution in [2.75, 3.05) is 5.32 Å². The lowest BCUT2D eigenvalue weighted by Gasteiger charge is -2.19. The Bertz CT molecular complexity index is 1240. The molecule has 5 rings (SSSR count). The number of aromatic nitrogens is 3. The van der Waals surface area contributed by atoms with Crippen LogP contribution in [0, 0.1) is 0 Å². The van der Waals surface area contributed by atoms with Crippen LogP contribution in [0.3, 0.4) is 0 Å². The van der Waals surface area contributed by atoms with Gasteiger partial charge in [0.2, 0.25) is 11.0 Å². The predicted molar refractivity (Wildman–Crippen MR) is 118 cm³/mol. The van der Waals surface area contributed by atoms with Crippen molar-refractivity contribution < 1.29 is 14.9 Å². The van der Waals surface area contributed by atoms with E-state index in [1.807, 2.05) is 54.6 Å². The molecule has 4 aromatic rings. The molecular weight excluding hydrogens is 412 g/mol. The molecule has 2 heterocycles. The van der Waals surface area contributed by atoms with Gasteiger partial charge >= 0.3 is 0 Å². The van der Waals surface area contributed by atoms with Gasteiger partial charge in [-0.1, -0.05) is 60.3 Å². The summed E-state index contributed by atoms with van der Waals surface area (Å²) in [4.78, 5) is 4.62. The van der Waals surface area contributed by atoms with Gasteiger partial charge in [-0.3, -0.25) is 0 Å². The van der Waals surface area contributed by atoms with Crippen LogP contribution in [0.5, 0.6) is 17.4 Å². The van der Waals surface area contributed by atoms with Gasteiger partial charge in [0.05, 0.1) is 0 Å². The zero-order valence-corrected chi connectivity index (χ0v) is 17.1. The van der Waals surface area contributed by atoms with Crippen molar-refractivity contribution in [3.63, 3.8) is 0 Å². The van der Waals surface area contributed by atoms with Crippen LogP contribution in [0.4, 0.5) is 5.69 Å².